The number of hydrogen-bond donors (Lipinski definition) is 0. The zero-order valence-corrected chi connectivity index (χ0v) is 21.2. The fraction of sp³-hybridized carbons (Fsp3) is 0.955. The molecule has 0 N–H and O–H groups in total. The maximum absolute atomic E-state index is 10.5. The molecule has 0 amide bonds. The normalized spacial score (nSPS) is 9.77. The van der Waals surface area contributed by atoms with Crippen molar-refractivity contribution in [3.8, 4) is 0 Å². The highest BCUT2D eigenvalue weighted by Gasteiger charge is 1.92. The van der Waals surface area contributed by atoms with Gasteiger partial charge in [0.05, 0.1) is 0 Å². The molecule has 0 bridgehead atoms. The summed E-state index contributed by atoms with van der Waals surface area (Å²) in [5.74, 6) is 7.96. The fourth-order valence-electron chi connectivity index (χ4n) is 1.55. The van der Waals surface area contributed by atoms with Crippen LogP contribution in [0.4, 0.5) is 0 Å². The minimum Gasteiger partial charge on any atom is -0.300 e. The quantitative estimate of drug-likeness (QED) is 0.231. The average Bonchev–Trinajstić information content (AvgIpc) is 2.63. The molecule has 0 aromatic rings. The van der Waals surface area contributed by atoms with Crippen molar-refractivity contribution in [2.45, 2.75) is 99.3 Å². The smallest absolute Gasteiger partial charge is 0.130 e. The van der Waals surface area contributed by atoms with Crippen LogP contribution in [0.15, 0.2) is 0 Å². The number of Topliss-reactive ketones (excluding diaryl/α,β-unsaturated/α-hetero) is 1. The molecular formula is C22H48OS3. The molecule has 0 aromatic heterocycles. The highest BCUT2D eigenvalue weighted by molar-refractivity contribution is 7.99. The average molecular weight is 425 g/mol. The first-order chi connectivity index (χ1) is 12.6. The monoisotopic (exact) mass is 424 g/mol. The molecule has 0 spiro atoms. The molecule has 0 rings (SSSR count). The second-order valence-corrected chi connectivity index (χ2v) is 10.0. The Balaban J connectivity index is -0.000000308. The molecule has 0 radical (unpaired) electrons. The predicted octanol–water partition coefficient (Wildman–Crippen LogP) is 8.36. The molecule has 0 saturated heterocycles. The second kappa shape index (κ2) is 33.3. The molecule has 1 nitrogen and oxygen atoms in total. The number of carbonyl (C=O) groups is 1. The van der Waals surface area contributed by atoms with Crippen LogP contribution in [-0.2, 0) is 4.79 Å². The van der Waals surface area contributed by atoms with Gasteiger partial charge in [-0.05, 0) is 67.8 Å². The van der Waals surface area contributed by atoms with E-state index in [1.54, 1.807) is 6.92 Å². The largest absolute Gasteiger partial charge is 0.300 e. The Bertz CT molecular complexity index is 211. The number of ketones is 1. The summed E-state index contributed by atoms with van der Waals surface area (Å²) < 4.78 is 0. The Hall–Kier alpha value is 0.720. The third kappa shape index (κ3) is 44.3. The molecule has 0 unspecified atom stereocenters. The third-order valence-corrected chi connectivity index (χ3v) is 6.84. The molecule has 0 aliphatic rings. The van der Waals surface area contributed by atoms with Crippen LogP contribution in [0, 0.1) is 0 Å². The van der Waals surface area contributed by atoms with E-state index in [9.17, 15) is 4.79 Å². The van der Waals surface area contributed by atoms with Crippen molar-refractivity contribution in [3.05, 3.63) is 0 Å². The van der Waals surface area contributed by atoms with E-state index >= 15 is 0 Å². The van der Waals surface area contributed by atoms with Crippen LogP contribution in [0.1, 0.15) is 99.3 Å². The molecule has 0 saturated carbocycles. The Morgan fingerprint density at radius 3 is 1.15 bits per heavy atom. The molecule has 160 valence electrons. The first-order valence-corrected chi connectivity index (χ1v) is 14.3. The molecule has 0 aliphatic carbocycles. The molecule has 4 heteroatoms. The van der Waals surface area contributed by atoms with Gasteiger partial charge < -0.3 is 0 Å². The van der Waals surface area contributed by atoms with Gasteiger partial charge in [0.25, 0.3) is 0 Å². The Morgan fingerprint density at radius 1 is 0.538 bits per heavy atom. The minimum absolute atomic E-state index is 0.309. The van der Waals surface area contributed by atoms with Gasteiger partial charge in [-0.15, -0.1) is 0 Å². The van der Waals surface area contributed by atoms with Crippen molar-refractivity contribution < 1.29 is 4.79 Å². The summed E-state index contributed by atoms with van der Waals surface area (Å²) in [6.07, 6.45) is 11.4. The number of carbonyl (C=O) groups excluding carboxylic acids is 1. The standard InChI is InChI=1S/C8H16OS.2C7H16S/c1-3-4-6-10-7-5-8(2)9;2*1-3-5-7-8-6-4-2/h3-7H2,1-2H3;2*3-7H2,1-2H3. The molecule has 0 aromatic carbocycles. The lowest BCUT2D eigenvalue weighted by Gasteiger charge is -1.96. The van der Waals surface area contributed by atoms with Crippen molar-refractivity contribution in [1.29, 1.82) is 0 Å². The molecule has 0 heterocycles. The molecule has 26 heavy (non-hydrogen) atoms. The SMILES string of the molecule is CCCCSCCC.CCCCSCCC.CCCCSCCC(C)=O. The van der Waals surface area contributed by atoms with Crippen LogP contribution >= 0.6 is 35.3 Å². The number of hydrogen-bond acceptors (Lipinski definition) is 4. The summed E-state index contributed by atoms with van der Waals surface area (Å²) in [5, 5.41) is 0. The Kier molecular flexibility index (Phi) is 40.3. The molecule has 0 aliphatic heterocycles. The van der Waals surface area contributed by atoms with E-state index in [0.29, 0.717) is 5.78 Å². The van der Waals surface area contributed by atoms with E-state index in [0.717, 1.165) is 12.2 Å². The van der Waals surface area contributed by atoms with Gasteiger partial charge >= 0.3 is 0 Å². The van der Waals surface area contributed by atoms with Gasteiger partial charge in [-0.25, -0.2) is 0 Å². The Labute approximate surface area is 179 Å². The summed E-state index contributed by atoms with van der Waals surface area (Å²) in [4.78, 5) is 10.5. The maximum Gasteiger partial charge on any atom is 0.130 e. The van der Waals surface area contributed by atoms with E-state index in [1.807, 2.05) is 11.8 Å². The van der Waals surface area contributed by atoms with Crippen LogP contribution in [-0.4, -0.2) is 40.3 Å². The van der Waals surface area contributed by atoms with Crippen LogP contribution < -0.4 is 0 Å². The van der Waals surface area contributed by atoms with Gasteiger partial charge in [-0.3, -0.25) is 4.79 Å². The zero-order chi connectivity index (χ0) is 20.3. The zero-order valence-electron chi connectivity index (χ0n) is 18.7. The predicted molar refractivity (Wildman–Crippen MR) is 133 cm³/mol. The third-order valence-electron chi connectivity index (χ3n) is 3.22. The van der Waals surface area contributed by atoms with Crippen molar-refractivity contribution in [2.75, 3.05) is 34.5 Å². The van der Waals surface area contributed by atoms with Gasteiger partial charge in [0.15, 0.2) is 0 Å². The van der Waals surface area contributed by atoms with E-state index in [1.165, 1.54) is 80.1 Å². The highest BCUT2D eigenvalue weighted by Crippen LogP contribution is 2.06. The maximum atomic E-state index is 10.5. The van der Waals surface area contributed by atoms with Crippen LogP contribution in [0.25, 0.3) is 0 Å². The first kappa shape index (κ1) is 31.4. The lowest BCUT2D eigenvalue weighted by atomic mass is 10.4. The summed E-state index contributed by atoms with van der Waals surface area (Å²) in [7, 11) is 0. The van der Waals surface area contributed by atoms with Crippen LogP contribution in [0.5, 0.6) is 0 Å². The Morgan fingerprint density at radius 2 is 0.885 bits per heavy atom. The van der Waals surface area contributed by atoms with Gasteiger partial charge in [-0.2, -0.15) is 35.3 Å². The topological polar surface area (TPSA) is 17.1 Å². The minimum atomic E-state index is 0.309. The van der Waals surface area contributed by atoms with Crippen molar-refractivity contribution >= 4 is 41.1 Å². The van der Waals surface area contributed by atoms with Crippen molar-refractivity contribution in [1.82, 2.24) is 0 Å². The fourth-order valence-corrected chi connectivity index (χ4v) is 4.65. The number of unbranched alkanes of at least 4 members (excludes halogenated alkanes) is 3. The van der Waals surface area contributed by atoms with Crippen LogP contribution in [0.2, 0.25) is 0 Å². The van der Waals surface area contributed by atoms with Crippen molar-refractivity contribution in [3.63, 3.8) is 0 Å². The number of thioether (sulfide) groups is 3. The lowest BCUT2D eigenvalue weighted by Crippen LogP contribution is -1.92. The van der Waals surface area contributed by atoms with E-state index in [4.69, 9.17) is 0 Å². The van der Waals surface area contributed by atoms with Crippen molar-refractivity contribution in [2.24, 2.45) is 0 Å². The first-order valence-electron chi connectivity index (χ1n) is 10.8. The second-order valence-electron chi connectivity index (χ2n) is 6.35. The summed E-state index contributed by atoms with van der Waals surface area (Å²) in [6, 6.07) is 0. The van der Waals surface area contributed by atoms with E-state index < -0.39 is 0 Å². The van der Waals surface area contributed by atoms with E-state index in [2.05, 4.69) is 58.1 Å². The molecular weight excluding hydrogens is 376 g/mol. The lowest BCUT2D eigenvalue weighted by molar-refractivity contribution is -0.116. The summed E-state index contributed by atoms with van der Waals surface area (Å²) in [6.45, 7) is 12.8. The van der Waals surface area contributed by atoms with Crippen LogP contribution in [0.3, 0.4) is 0 Å². The summed E-state index contributed by atoms with van der Waals surface area (Å²) in [5.41, 5.74) is 0. The highest BCUT2D eigenvalue weighted by atomic mass is 32.2. The summed E-state index contributed by atoms with van der Waals surface area (Å²) >= 11 is 6.04. The number of rotatable bonds is 16. The van der Waals surface area contributed by atoms with Gasteiger partial charge in [0.1, 0.15) is 5.78 Å². The van der Waals surface area contributed by atoms with Gasteiger partial charge in [-0.1, -0.05) is 53.9 Å². The van der Waals surface area contributed by atoms with Gasteiger partial charge in [0, 0.05) is 12.2 Å². The van der Waals surface area contributed by atoms with Gasteiger partial charge in [0.2, 0.25) is 0 Å². The molecule has 0 atom stereocenters. The molecule has 0 fully saturated rings. The van der Waals surface area contributed by atoms with E-state index in [-0.39, 0.29) is 0 Å².